The standard InChI is InChI=1S/C16H17N3O3S/c17-5-1-6-19(9-11-4-7-21-10-11)15(20)12-2-3-13-14(8-12)22-16(23)18-13/h2-3,8,11H,1,4,6-7,9-10H2,(H,18,23)/t11-/m0/s1. The highest BCUT2D eigenvalue weighted by molar-refractivity contribution is 7.71. The molecule has 1 N–H and O–H groups in total. The van der Waals surface area contributed by atoms with Crippen LogP contribution in [-0.2, 0) is 4.74 Å². The number of hydrogen-bond donors (Lipinski definition) is 1. The van der Waals surface area contributed by atoms with E-state index in [0.717, 1.165) is 18.5 Å². The minimum absolute atomic E-state index is 0.101. The van der Waals surface area contributed by atoms with E-state index in [9.17, 15) is 4.79 Å². The molecule has 1 aliphatic rings. The first-order valence-electron chi connectivity index (χ1n) is 7.54. The van der Waals surface area contributed by atoms with E-state index in [4.69, 9.17) is 26.6 Å². The van der Waals surface area contributed by atoms with Gasteiger partial charge in [-0.05, 0) is 36.8 Å². The number of aromatic amines is 1. The second kappa shape index (κ2) is 6.94. The van der Waals surface area contributed by atoms with Crippen LogP contribution in [0.15, 0.2) is 22.6 Å². The van der Waals surface area contributed by atoms with Crippen LogP contribution in [0.4, 0.5) is 0 Å². The Labute approximate surface area is 138 Å². The van der Waals surface area contributed by atoms with E-state index >= 15 is 0 Å². The first-order chi connectivity index (χ1) is 11.2. The maximum Gasteiger partial charge on any atom is 0.266 e. The van der Waals surface area contributed by atoms with Crippen molar-refractivity contribution in [1.82, 2.24) is 9.88 Å². The van der Waals surface area contributed by atoms with E-state index < -0.39 is 0 Å². The molecule has 0 aliphatic carbocycles. The number of ether oxygens (including phenoxy) is 1. The largest absolute Gasteiger partial charge is 0.429 e. The van der Waals surface area contributed by atoms with Crippen LogP contribution in [0.25, 0.3) is 11.1 Å². The van der Waals surface area contributed by atoms with Gasteiger partial charge in [-0.1, -0.05) is 0 Å². The normalized spacial score (nSPS) is 17.3. The number of rotatable bonds is 5. The SMILES string of the molecule is N#CCCN(C[C@@H]1CCOC1)C(=O)c1ccc2[nH]c(=S)oc2c1. The summed E-state index contributed by atoms with van der Waals surface area (Å²) in [4.78, 5) is 17.7. The second-order valence-corrected chi connectivity index (χ2v) is 5.99. The lowest BCUT2D eigenvalue weighted by atomic mass is 10.1. The Morgan fingerprint density at radius 3 is 3.13 bits per heavy atom. The van der Waals surface area contributed by atoms with Crippen molar-refractivity contribution in [3.05, 3.63) is 28.6 Å². The molecule has 0 spiro atoms. The van der Waals surface area contributed by atoms with Gasteiger partial charge in [0.15, 0.2) is 5.58 Å². The Bertz CT molecular complexity index is 799. The van der Waals surface area contributed by atoms with Crippen molar-refractivity contribution in [2.75, 3.05) is 26.3 Å². The zero-order valence-electron chi connectivity index (χ0n) is 12.6. The van der Waals surface area contributed by atoms with E-state index in [2.05, 4.69) is 11.1 Å². The van der Waals surface area contributed by atoms with Gasteiger partial charge in [-0.2, -0.15) is 5.26 Å². The van der Waals surface area contributed by atoms with Crippen molar-refractivity contribution in [1.29, 1.82) is 5.26 Å². The fraction of sp³-hybridized carbons (Fsp3) is 0.438. The molecule has 23 heavy (non-hydrogen) atoms. The Kier molecular flexibility index (Phi) is 4.74. The number of oxazole rings is 1. The number of nitrogens with one attached hydrogen (secondary N) is 1. The van der Waals surface area contributed by atoms with Crippen LogP contribution in [0.3, 0.4) is 0 Å². The minimum atomic E-state index is -0.101. The van der Waals surface area contributed by atoms with Crippen molar-refractivity contribution in [3.8, 4) is 6.07 Å². The van der Waals surface area contributed by atoms with Crippen molar-refractivity contribution in [2.45, 2.75) is 12.8 Å². The molecule has 7 heteroatoms. The van der Waals surface area contributed by atoms with Gasteiger partial charge in [-0.15, -0.1) is 0 Å². The third-order valence-electron chi connectivity index (χ3n) is 3.95. The lowest BCUT2D eigenvalue weighted by molar-refractivity contribution is 0.0724. The third kappa shape index (κ3) is 3.60. The van der Waals surface area contributed by atoms with Crippen molar-refractivity contribution in [3.63, 3.8) is 0 Å². The fourth-order valence-electron chi connectivity index (χ4n) is 2.76. The van der Waals surface area contributed by atoms with Crippen LogP contribution >= 0.6 is 12.2 Å². The van der Waals surface area contributed by atoms with Gasteiger partial charge in [-0.3, -0.25) is 4.79 Å². The Balaban J connectivity index is 1.81. The smallest absolute Gasteiger partial charge is 0.266 e. The second-order valence-electron chi connectivity index (χ2n) is 5.61. The molecule has 1 amide bonds. The summed E-state index contributed by atoms with van der Waals surface area (Å²) in [6.07, 6.45) is 1.26. The molecule has 0 unspecified atom stereocenters. The quantitative estimate of drug-likeness (QED) is 0.852. The van der Waals surface area contributed by atoms with Gasteiger partial charge in [0.25, 0.3) is 10.7 Å². The van der Waals surface area contributed by atoms with Crippen LogP contribution in [0, 0.1) is 22.1 Å². The molecule has 120 valence electrons. The average molecular weight is 331 g/mol. The Morgan fingerprint density at radius 1 is 1.52 bits per heavy atom. The van der Waals surface area contributed by atoms with Crippen LogP contribution in [0.5, 0.6) is 0 Å². The summed E-state index contributed by atoms with van der Waals surface area (Å²) in [6, 6.07) is 7.32. The number of benzene rings is 1. The maximum absolute atomic E-state index is 12.8. The monoisotopic (exact) mass is 331 g/mol. The molecule has 2 aromatic rings. The maximum atomic E-state index is 12.8. The Hall–Kier alpha value is -2.17. The highest BCUT2D eigenvalue weighted by Crippen LogP contribution is 2.19. The van der Waals surface area contributed by atoms with Crippen LogP contribution < -0.4 is 0 Å². The zero-order chi connectivity index (χ0) is 16.2. The van der Waals surface area contributed by atoms with E-state index in [1.165, 1.54) is 0 Å². The highest BCUT2D eigenvalue weighted by Gasteiger charge is 2.23. The Morgan fingerprint density at radius 2 is 2.39 bits per heavy atom. The molecule has 1 fully saturated rings. The molecule has 0 bridgehead atoms. The van der Waals surface area contributed by atoms with Crippen LogP contribution in [-0.4, -0.2) is 42.1 Å². The number of hydrogen-bond acceptors (Lipinski definition) is 5. The van der Waals surface area contributed by atoms with E-state index in [-0.39, 0.29) is 10.7 Å². The third-order valence-corrected chi connectivity index (χ3v) is 4.14. The molecule has 1 atom stereocenters. The number of carbonyl (C=O) groups is 1. The van der Waals surface area contributed by atoms with Gasteiger partial charge in [0.2, 0.25) is 0 Å². The van der Waals surface area contributed by atoms with Crippen molar-refractivity contribution < 1.29 is 13.9 Å². The van der Waals surface area contributed by atoms with Gasteiger partial charge in [0.05, 0.1) is 24.6 Å². The zero-order valence-corrected chi connectivity index (χ0v) is 13.4. The van der Waals surface area contributed by atoms with Crippen molar-refractivity contribution in [2.24, 2.45) is 5.92 Å². The topological polar surface area (TPSA) is 82.3 Å². The molecule has 1 aromatic carbocycles. The molecule has 3 rings (SSSR count). The molecule has 0 radical (unpaired) electrons. The number of aromatic nitrogens is 1. The molecule has 1 aliphatic heterocycles. The van der Waals surface area contributed by atoms with E-state index in [1.54, 1.807) is 23.1 Å². The summed E-state index contributed by atoms with van der Waals surface area (Å²) in [5.41, 5.74) is 1.86. The number of carbonyl (C=O) groups excluding carboxylic acids is 1. The van der Waals surface area contributed by atoms with Gasteiger partial charge < -0.3 is 19.0 Å². The van der Waals surface area contributed by atoms with Gasteiger partial charge >= 0.3 is 0 Å². The number of amides is 1. The van der Waals surface area contributed by atoms with Gasteiger partial charge in [0.1, 0.15) is 0 Å². The summed E-state index contributed by atoms with van der Waals surface area (Å²) in [6.45, 7) is 2.43. The molecule has 1 aromatic heterocycles. The number of H-pyrrole nitrogens is 1. The summed E-state index contributed by atoms with van der Waals surface area (Å²) in [5.74, 6) is 0.230. The molecule has 2 heterocycles. The number of nitriles is 1. The fourth-order valence-corrected chi connectivity index (χ4v) is 2.96. The lowest BCUT2D eigenvalue weighted by Gasteiger charge is -2.24. The first kappa shape index (κ1) is 15.7. The summed E-state index contributed by atoms with van der Waals surface area (Å²) < 4.78 is 10.7. The van der Waals surface area contributed by atoms with E-state index in [0.29, 0.717) is 43.2 Å². The van der Waals surface area contributed by atoms with Crippen LogP contribution in [0.1, 0.15) is 23.2 Å². The molecule has 6 nitrogen and oxygen atoms in total. The molecule has 0 saturated carbocycles. The number of nitrogens with zero attached hydrogens (tertiary/aromatic N) is 2. The van der Waals surface area contributed by atoms with Crippen LogP contribution in [0.2, 0.25) is 0 Å². The number of fused-ring (bicyclic) bond motifs is 1. The summed E-state index contributed by atoms with van der Waals surface area (Å²) >= 11 is 4.96. The van der Waals surface area contributed by atoms with Gasteiger partial charge in [-0.25, -0.2) is 0 Å². The predicted molar refractivity (Wildman–Crippen MR) is 86.5 cm³/mol. The molecule has 1 saturated heterocycles. The molecular formula is C16H17N3O3S. The first-order valence-corrected chi connectivity index (χ1v) is 7.95. The molecular weight excluding hydrogens is 314 g/mol. The summed E-state index contributed by atoms with van der Waals surface area (Å²) in [7, 11) is 0. The summed E-state index contributed by atoms with van der Waals surface area (Å²) in [5, 5.41) is 8.83. The highest BCUT2D eigenvalue weighted by atomic mass is 32.1. The van der Waals surface area contributed by atoms with Gasteiger partial charge in [0, 0.05) is 31.2 Å². The average Bonchev–Trinajstić information content (AvgIpc) is 3.18. The van der Waals surface area contributed by atoms with E-state index in [1.807, 2.05) is 0 Å². The lowest BCUT2D eigenvalue weighted by Crippen LogP contribution is -2.36. The van der Waals surface area contributed by atoms with Crippen molar-refractivity contribution >= 4 is 29.2 Å². The predicted octanol–water partition coefficient (Wildman–Crippen LogP) is 2.88. The minimum Gasteiger partial charge on any atom is -0.429 e.